The Morgan fingerprint density at radius 3 is 2.73 bits per heavy atom. The number of carbonyl (C=O) groups is 1. The summed E-state index contributed by atoms with van der Waals surface area (Å²) in [7, 11) is 0. The molecule has 0 radical (unpaired) electrons. The lowest BCUT2D eigenvalue weighted by Crippen LogP contribution is -2.55. The highest BCUT2D eigenvalue weighted by Gasteiger charge is 2.29. The summed E-state index contributed by atoms with van der Waals surface area (Å²) in [4.78, 5) is 20.6. The van der Waals surface area contributed by atoms with Gasteiger partial charge in [0.15, 0.2) is 0 Å². The number of hydrogen-bond acceptors (Lipinski definition) is 5. The first kappa shape index (κ1) is 15.8. The Balaban J connectivity index is 1.59. The van der Waals surface area contributed by atoms with E-state index in [1.807, 2.05) is 4.90 Å². The molecule has 0 saturated carbocycles. The zero-order chi connectivity index (χ0) is 15.5. The third kappa shape index (κ3) is 3.46. The Labute approximate surface area is 139 Å². The van der Waals surface area contributed by atoms with Gasteiger partial charge in [-0.2, -0.15) is 0 Å². The number of amides is 1. The molecule has 2 aliphatic heterocycles. The quantitative estimate of drug-likeness (QED) is 0.868. The van der Waals surface area contributed by atoms with Gasteiger partial charge in [0, 0.05) is 45.5 Å². The minimum absolute atomic E-state index is 0.0574. The first-order valence-corrected chi connectivity index (χ1v) is 8.08. The summed E-state index contributed by atoms with van der Waals surface area (Å²) in [6.07, 6.45) is 1.22. The first-order chi connectivity index (χ1) is 10.6. The van der Waals surface area contributed by atoms with E-state index in [0.717, 1.165) is 6.54 Å². The van der Waals surface area contributed by atoms with E-state index in [1.165, 1.54) is 0 Å². The van der Waals surface area contributed by atoms with Crippen molar-refractivity contribution < 1.29 is 9.53 Å². The van der Waals surface area contributed by atoms with Gasteiger partial charge in [-0.25, -0.2) is 4.98 Å². The number of carbonyl (C=O) groups excluding carboxylic acids is 1. The van der Waals surface area contributed by atoms with Crippen LogP contribution in [0.4, 0.5) is 5.82 Å². The van der Waals surface area contributed by atoms with Gasteiger partial charge in [-0.3, -0.25) is 4.79 Å². The normalized spacial score (nSPS) is 22.7. The van der Waals surface area contributed by atoms with Gasteiger partial charge in [-0.05, 0) is 6.07 Å². The number of morpholine rings is 1. The van der Waals surface area contributed by atoms with Crippen molar-refractivity contribution in [3.05, 3.63) is 22.3 Å². The second kappa shape index (κ2) is 7.00. The molecule has 1 amide bonds. The summed E-state index contributed by atoms with van der Waals surface area (Å²) in [5.41, 5.74) is 0. The molecular formula is C14H18Cl2N4O2. The molecule has 2 fully saturated rings. The number of hydrogen-bond donors (Lipinski definition) is 1. The van der Waals surface area contributed by atoms with Crippen molar-refractivity contribution in [1.29, 1.82) is 0 Å². The van der Waals surface area contributed by atoms with Crippen LogP contribution in [0.5, 0.6) is 0 Å². The zero-order valence-corrected chi connectivity index (χ0v) is 13.6. The average Bonchev–Trinajstić information content (AvgIpc) is 2.55. The Morgan fingerprint density at radius 1 is 1.32 bits per heavy atom. The van der Waals surface area contributed by atoms with Crippen LogP contribution in [0.15, 0.2) is 12.3 Å². The Hall–Kier alpha value is -1.08. The van der Waals surface area contributed by atoms with Gasteiger partial charge in [0.05, 0.1) is 16.7 Å². The molecule has 8 heteroatoms. The molecule has 22 heavy (non-hydrogen) atoms. The van der Waals surface area contributed by atoms with Gasteiger partial charge in [0.25, 0.3) is 5.91 Å². The molecule has 0 spiro atoms. The lowest BCUT2D eigenvalue weighted by molar-refractivity contribution is -0.145. The molecule has 6 nitrogen and oxygen atoms in total. The predicted octanol–water partition coefficient (Wildman–Crippen LogP) is 1.03. The molecule has 120 valence electrons. The topological polar surface area (TPSA) is 57.7 Å². The molecule has 1 aromatic heterocycles. The maximum absolute atomic E-state index is 12.4. The van der Waals surface area contributed by atoms with Crippen LogP contribution in [0.1, 0.15) is 0 Å². The van der Waals surface area contributed by atoms with E-state index in [9.17, 15) is 4.79 Å². The lowest BCUT2D eigenvalue weighted by Gasteiger charge is -2.37. The van der Waals surface area contributed by atoms with Gasteiger partial charge in [0.2, 0.25) is 0 Å². The maximum Gasteiger partial charge on any atom is 0.253 e. The fourth-order valence-corrected chi connectivity index (χ4v) is 3.21. The standard InChI is InChI=1S/C14H18Cl2N4O2/c15-10-7-11(16)13(18-8-10)19-2-4-20(5-3-19)14(21)12-9-17-1-6-22-12/h7-8,12,17H,1-6,9H2/t12-/m1/s1. The minimum Gasteiger partial charge on any atom is -0.366 e. The fourth-order valence-electron chi connectivity index (χ4n) is 2.71. The smallest absolute Gasteiger partial charge is 0.253 e. The van der Waals surface area contributed by atoms with Crippen molar-refractivity contribution in [2.45, 2.75) is 6.10 Å². The molecule has 0 aromatic carbocycles. The van der Waals surface area contributed by atoms with Crippen LogP contribution in [0.3, 0.4) is 0 Å². The van der Waals surface area contributed by atoms with Crippen LogP contribution in [0.2, 0.25) is 10.0 Å². The number of halogens is 2. The number of aromatic nitrogens is 1. The summed E-state index contributed by atoms with van der Waals surface area (Å²) < 4.78 is 5.52. The molecule has 3 rings (SSSR count). The summed E-state index contributed by atoms with van der Waals surface area (Å²) in [5.74, 6) is 0.774. The molecule has 0 unspecified atom stereocenters. The molecule has 0 bridgehead atoms. The summed E-state index contributed by atoms with van der Waals surface area (Å²) in [6, 6.07) is 1.69. The Morgan fingerprint density at radius 2 is 2.09 bits per heavy atom. The van der Waals surface area contributed by atoms with Crippen molar-refractivity contribution in [1.82, 2.24) is 15.2 Å². The van der Waals surface area contributed by atoms with Crippen LogP contribution in [0, 0.1) is 0 Å². The monoisotopic (exact) mass is 344 g/mol. The molecular weight excluding hydrogens is 327 g/mol. The molecule has 2 saturated heterocycles. The van der Waals surface area contributed by atoms with Gasteiger partial charge < -0.3 is 19.9 Å². The molecule has 2 aliphatic rings. The summed E-state index contributed by atoms with van der Waals surface area (Å²) in [6.45, 7) is 4.64. The summed E-state index contributed by atoms with van der Waals surface area (Å²) in [5, 5.41) is 4.23. The van der Waals surface area contributed by atoms with Crippen LogP contribution < -0.4 is 10.2 Å². The SMILES string of the molecule is O=C([C@H]1CNCCO1)N1CCN(c2ncc(Cl)cc2Cl)CC1. The highest BCUT2D eigenvalue weighted by atomic mass is 35.5. The minimum atomic E-state index is -0.363. The molecule has 0 aliphatic carbocycles. The van der Waals surface area contributed by atoms with Crippen molar-refractivity contribution in [3.63, 3.8) is 0 Å². The Kier molecular flexibility index (Phi) is 5.03. The largest absolute Gasteiger partial charge is 0.366 e. The van der Waals surface area contributed by atoms with E-state index in [0.29, 0.717) is 55.2 Å². The van der Waals surface area contributed by atoms with Crippen molar-refractivity contribution >= 4 is 34.9 Å². The van der Waals surface area contributed by atoms with Gasteiger partial charge in [0.1, 0.15) is 11.9 Å². The molecule has 1 atom stereocenters. The van der Waals surface area contributed by atoms with Crippen LogP contribution in [0.25, 0.3) is 0 Å². The van der Waals surface area contributed by atoms with E-state index in [1.54, 1.807) is 12.3 Å². The Bertz CT molecular complexity index is 544. The first-order valence-electron chi connectivity index (χ1n) is 7.32. The third-order valence-corrected chi connectivity index (χ3v) is 4.37. The average molecular weight is 345 g/mol. The van der Waals surface area contributed by atoms with E-state index in [2.05, 4.69) is 15.2 Å². The molecule has 1 N–H and O–H groups in total. The molecule has 3 heterocycles. The van der Waals surface area contributed by atoms with Crippen molar-refractivity contribution in [3.8, 4) is 0 Å². The second-order valence-electron chi connectivity index (χ2n) is 5.33. The third-order valence-electron chi connectivity index (χ3n) is 3.88. The highest BCUT2D eigenvalue weighted by molar-refractivity contribution is 6.36. The number of ether oxygens (including phenoxy) is 1. The van der Waals surface area contributed by atoms with E-state index in [-0.39, 0.29) is 12.0 Å². The number of piperazine rings is 1. The van der Waals surface area contributed by atoms with E-state index >= 15 is 0 Å². The number of anilines is 1. The van der Waals surface area contributed by atoms with Crippen LogP contribution >= 0.6 is 23.2 Å². The zero-order valence-electron chi connectivity index (χ0n) is 12.1. The van der Waals surface area contributed by atoms with Crippen LogP contribution in [-0.4, -0.2) is 67.8 Å². The number of pyridine rings is 1. The van der Waals surface area contributed by atoms with Gasteiger partial charge in [-0.15, -0.1) is 0 Å². The van der Waals surface area contributed by atoms with Gasteiger partial charge >= 0.3 is 0 Å². The van der Waals surface area contributed by atoms with Crippen LogP contribution in [-0.2, 0) is 9.53 Å². The van der Waals surface area contributed by atoms with Gasteiger partial charge in [-0.1, -0.05) is 23.2 Å². The van der Waals surface area contributed by atoms with E-state index in [4.69, 9.17) is 27.9 Å². The summed E-state index contributed by atoms with van der Waals surface area (Å²) >= 11 is 12.1. The highest BCUT2D eigenvalue weighted by Crippen LogP contribution is 2.26. The second-order valence-corrected chi connectivity index (χ2v) is 6.18. The van der Waals surface area contributed by atoms with E-state index < -0.39 is 0 Å². The maximum atomic E-state index is 12.4. The lowest BCUT2D eigenvalue weighted by atomic mass is 10.2. The number of rotatable bonds is 2. The molecule has 1 aromatic rings. The predicted molar refractivity (Wildman–Crippen MR) is 85.7 cm³/mol. The van der Waals surface area contributed by atoms with Crippen molar-refractivity contribution in [2.24, 2.45) is 0 Å². The van der Waals surface area contributed by atoms with Crippen molar-refractivity contribution in [2.75, 3.05) is 50.8 Å². The fraction of sp³-hybridized carbons (Fsp3) is 0.571. The number of nitrogens with one attached hydrogen (secondary N) is 1. The number of nitrogens with zero attached hydrogens (tertiary/aromatic N) is 3.